The first-order valence-corrected chi connectivity index (χ1v) is 8.01. The second-order valence-electron chi connectivity index (χ2n) is 5.54. The topological polar surface area (TPSA) is 61.8 Å². The van der Waals surface area contributed by atoms with Gasteiger partial charge < -0.3 is 20.1 Å². The molecule has 2 aromatic carbocycles. The first-order chi connectivity index (χ1) is 11.6. The van der Waals surface area contributed by atoms with E-state index in [9.17, 15) is 9.90 Å². The molecule has 0 heterocycles. The molecular weight excluding hydrogens is 304 g/mol. The van der Waals surface area contributed by atoms with Crippen molar-refractivity contribution in [2.45, 2.75) is 26.0 Å². The van der Waals surface area contributed by atoms with Crippen molar-refractivity contribution in [3.05, 3.63) is 60.2 Å². The lowest BCUT2D eigenvalue weighted by Gasteiger charge is -2.31. The lowest BCUT2D eigenvalue weighted by Crippen LogP contribution is -2.44. The number of anilines is 1. The molecule has 5 heteroatoms. The Kier molecular flexibility index (Phi) is 6.21. The number of carbonyl (C=O) groups excluding carboxylic acids is 1. The molecule has 0 fully saturated rings. The zero-order valence-electron chi connectivity index (χ0n) is 14.3. The van der Waals surface area contributed by atoms with Crippen LogP contribution in [0.25, 0.3) is 0 Å². The number of methoxy groups -OCH3 is 1. The molecule has 0 aliphatic heterocycles. The molecule has 5 nitrogen and oxygen atoms in total. The molecule has 2 rings (SSSR count). The number of ether oxygens (including phenoxy) is 1. The molecule has 2 aromatic rings. The SMILES string of the molecule is CCN(C(=O)Nc1ccc(OC)cc1)[C@@H](C)[C@H](O)c1ccccc1. The van der Waals surface area contributed by atoms with E-state index in [0.29, 0.717) is 12.2 Å². The van der Waals surface area contributed by atoms with E-state index < -0.39 is 6.10 Å². The number of benzene rings is 2. The summed E-state index contributed by atoms with van der Waals surface area (Å²) < 4.78 is 5.11. The van der Waals surface area contributed by atoms with Crippen molar-refractivity contribution in [3.63, 3.8) is 0 Å². The summed E-state index contributed by atoms with van der Waals surface area (Å²) in [6.07, 6.45) is -0.743. The smallest absolute Gasteiger partial charge is 0.322 e. The molecule has 0 unspecified atom stereocenters. The van der Waals surface area contributed by atoms with Crippen molar-refractivity contribution in [1.82, 2.24) is 4.90 Å². The lowest BCUT2D eigenvalue weighted by atomic mass is 10.0. The van der Waals surface area contributed by atoms with E-state index in [2.05, 4.69) is 5.32 Å². The molecule has 0 aromatic heterocycles. The average molecular weight is 328 g/mol. The number of hydrogen-bond acceptors (Lipinski definition) is 3. The van der Waals surface area contributed by atoms with Crippen LogP contribution < -0.4 is 10.1 Å². The van der Waals surface area contributed by atoms with Crippen molar-refractivity contribution in [2.24, 2.45) is 0 Å². The second-order valence-corrected chi connectivity index (χ2v) is 5.54. The van der Waals surface area contributed by atoms with Crippen LogP contribution in [0.15, 0.2) is 54.6 Å². The van der Waals surface area contributed by atoms with Crippen LogP contribution in [-0.4, -0.2) is 35.7 Å². The van der Waals surface area contributed by atoms with Crippen LogP contribution >= 0.6 is 0 Å². The third-order valence-electron chi connectivity index (χ3n) is 4.03. The Morgan fingerprint density at radius 3 is 2.33 bits per heavy atom. The van der Waals surface area contributed by atoms with Crippen LogP contribution in [-0.2, 0) is 0 Å². The number of carbonyl (C=O) groups is 1. The molecule has 0 radical (unpaired) electrons. The van der Waals surface area contributed by atoms with E-state index in [0.717, 1.165) is 11.3 Å². The Bertz CT molecular complexity index is 643. The van der Waals surface area contributed by atoms with Gasteiger partial charge in [-0.05, 0) is 43.7 Å². The molecule has 2 atom stereocenters. The Hall–Kier alpha value is -2.53. The van der Waals surface area contributed by atoms with E-state index >= 15 is 0 Å². The quantitative estimate of drug-likeness (QED) is 0.850. The summed E-state index contributed by atoms with van der Waals surface area (Å²) in [7, 11) is 1.60. The number of rotatable bonds is 6. The molecule has 0 saturated heterocycles. The molecule has 0 bridgehead atoms. The van der Waals surface area contributed by atoms with E-state index in [1.165, 1.54) is 0 Å². The van der Waals surface area contributed by atoms with E-state index in [4.69, 9.17) is 4.74 Å². The number of nitrogens with zero attached hydrogens (tertiary/aromatic N) is 1. The maximum Gasteiger partial charge on any atom is 0.322 e. The number of aliphatic hydroxyl groups excluding tert-OH is 1. The van der Waals surface area contributed by atoms with Gasteiger partial charge in [0.1, 0.15) is 5.75 Å². The average Bonchev–Trinajstić information content (AvgIpc) is 2.63. The summed E-state index contributed by atoms with van der Waals surface area (Å²) in [6, 6.07) is 15.9. The third-order valence-corrected chi connectivity index (χ3v) is 4.03. The lowest BCUT2D eigenvalue weighted by molar-refractivity contribution is 0.0804. The first-order valence-electron chi connectivity index (χ1n) is 8.01. The predicted octanol–water partition coefficient (Wildman–Crippen LogP) is 3.67. The van der Waals surface area contributed by atoms with Gasteiger partial charge in [0.25, 0.3) is 0 Å². The zero-order chi connectivity index (χ0) is 17.5. The van der Waals surface area contributed by atoms with E-state index in [-0.39, 0.29) is 12.1 Å². The largest absolute Gasteiger partial charge is 0.497 e. The fraction of sp³-hybridized carbons (Fsp3) is 0.316. The van der Waals surface area contributed by atoms with E-state index in [1.54, 1.807) is 36.3 Å². The molecular formula is C19H24N2O3. The number of nitrogens with one attached hydrogen (secondary N) is 1. The van der Waals surface area contributed by atoms with Crippen molar-refractivity contribution in [1.29, 1.82) is 0 Å². The Morgan fingerprint density at radius 1 is 1.17 bits per heavy atom. The van der Waals surface area contributed by atoms with Gasteiger partial charge in [-0.1, -0.05) is 30.3 Å². The van der Waals surface area contributed by atoms with Crippen LogP contribution in [0.5, 0.6) is 5.75 Å². The summed E-state index contributed by atoms with van der Waals surface area (Å²) >= 11 is 0. The van der Waals surface area contributed by atoms with Gasteiger partial charge >= 0.3 is 6.03 Å². The van der Waals surface area contributed by atoms with Crippen LogP contribution in [0.3, 0.4) is 0 Å². The van der Waals surface area contributed by atoms with Gasteiger partial charge in [-0.3, -0.25) is 0 Å². The van der Waals surface area contributed by atoms with Crippen molar-refractivity contribution >= 4 is 11.7 Å². The van der Waals surface area contributed by atoms with Crippen molar-refractivity contribution in [2.75, 3.05) is 19.0 Å². The van der Waals surface area contributed by atoms with Gasteiger partial charge in [-0.15, -0.1) is 0 Å². The second kappa shape index (κ2) is 8.36. The summed E-state index contributed by atoms with van der Waals surface area (Å²) in [5.41, 5.74) is 1.47. The molecule has 128 valence electrons. The number of likely N-dealkylation sites (N-methyl/N-ethyl adjacent to an activating group) is 1. The normalized spacial score (nSPS) is 13.0. The van der Waals surface area contributed by atoms with Gasteiger partial charge in [-0.2, -0.15) is 0 Å². The minimum absolute atomic E-state index is 0.245. The van der Waals surface area contributed by atoms with Crippen LogP contribution in [0.4, 0.5) is 10.5 Å². The van der Waals surface area contributed by atoms with Gasteiger partial charge in [0.15, 0.2) is 0 Å². The van der Waals surface area contributed by atoms with Crippen LogP contribution in [0.1, 0.15) is 25.5 Å². The monoisotopic (exact) mass is 328 g/mol. The molecule has 24 heavy (non-hydrogen) atoms. The Labute approximate surface area is 142 Å². The number of aliphatic hydroxyl groups is 1. The fourth-order valence-corrected chi connectivity index (χ4v) is 2.59. The van der Waals surface area contributed by atoms with E-state index in [1.807, 2.05) is 44.2 Å². The summed E-state index contributed by atoms with van der Waals surface area (Å²) in [6.45, 7) is 4.23. The summed E-state index contributed by atoms with van der Waals surface area (Å²) in [5, 5.41) is 13.4. The number of urea groups is 1. The Morgan fingerprint density at radius 2 is 1.79 bits per heavy atom. The zero-order valence-corrected chi connectivity index (χ0v) is 14.3. The number of hydrogen-bond donors (Lipinski definition) is 2. The highest BCUT2D eigenvalue weighted by Gasteiger charge is 2.25. The van der Waals surface area contributed by atoms with Crippen molar-refractivity contribution < 1.29 is 14.6 Å². The highest BCUT2D eigenvalue weighted by atomic mass is 16.5. The van der Waals surface area contributed by atoms with Crippen molar-refractivity contribution in [3.8, 4) is 5.75 Å². The van der Waals surface area contributed by atoms with Crippen LogP contribution in [0, 0.1) is 0 Å². The third kappa shape index (κ3) is 4.26. The number of amides is 2. The molecule has 2 amide bonds. The minimum atomic E-state index is -0.743. The minimum Gasteiger partial charge on any atom is -0.497 e. The summed E-state index contributed by atoms with van der Waals surface area (Å²) in [4.78, 5) is 14.2. The Balaban J connectivity index is 2.06. The molecule has 2 N–H and O–H groups in total. The van der Waals surface area contributed by atoms with Gasteiger partial charge in [-0.25, -0.2) is 4.79 Å². The van der Waals surface area contributed by atoms with Gasteiger partial charge in [0.2, 0.25) is 0 Å². The highest BCUT2D eigenvalue weighted by molar-refractivity contribution is 5.89. The predicted molar refractivity (Wildman–Crippen MR) is 95.3 cm³/mol. The van der Waals surface area contributed by atoms with Gasteiger partial charge in [0.05, 0.1) is 19.3 Å². The maximum atomic E-state index is 12.5. The molecule has 0 saturated carbocycles. The van der Waals surface area contributed by atoms with Gasteiger partial charge in [0, 0.05) is 12.2 Å². The molecule has 0 spiro atoms. The standard InChI is InChI=1S/C19H24N2O3/c1-4-21(14(2)18(22)15-8-6-5-7-9-15)19(23)20-16-10-12-17(24-3)13-11-16/h5-14,18,22H,4H2,1-3H3,(H,20,23)/t14-,18-/m0/s1. The first kappa shape index (κ1) is 17.8. The highest BCUT2D eigenvalue weighted by Crippen LogP contribution is 2.22. The molecule has 0 aliphatic rings. The molecule has 0 aliphatic carbocycles. The maximum absolute atomic E-state index is 12.5. The summed E-state index contributed by atoms with van der Waals surface area (Å²) in [5.74, 6) is 0.730. The fourth-order valence-electron chi connectivity index (χ4n) is 2.59. The van der Waals surface area contributed by atoms with Crippen LogP contribution in [0.2, 0.25) is 0 Å².